The second-order valence-electron chi connectivity index (χ2n) is 4.82. The molecule has 2 heterocycles. The highest BCUT2D eigenvalue weighted by molar-refractivity contribution is 5.95. The maximum Gasteiger partial charge on any atom is 0.181 e. The molecule has 0 aromatic carbocycles. The summed E-state index contributed by atoms with van der Waals surface area (Å²) in [5, 5.41) is 0. The molecule has 2 rings (SSSR count). The number of carbonyl (C=O) groups is 1. The van der Waals surface area contributed by atoms with Gasteiger partial charge in [0.15, 0.2) is 5.78 Å². The smallest absolute Gasteiger partial charge is 0.181 e. The predicted octanol–water partition coefficient (Wildman–Crippen LogP) is 3.18. The maximum atomic E-state index is 12.1. The Hall–Kier alpha value is -1.22. The van der Waals surface area contributed by atoms with E-state index in [2.05, 4.69) is 11.9 Å². The van der Waals surface area contributed by atoms with Crippen molar-refractivity contribution in [3.8, 4) is 0 Å². The molecule has 0 saturated carbocycles. The van der Waals surface area contributed by atoms with E-state index in [1.54, 1.807) is 6.20 Å². The highest BCUT2D eigenvalue weighted by Gasteiger charge is 2.16. The van der Waals surface area contributed by atoms with Crippen LogP contribution in [-0.4, -0.2) is 23.5 Å². The molecule has 0 spiro atoms. The van der Waals surface area contributed by atoms with Crippen molar-refractivity contribution in [2.75, 3.05) is 6.61 Å². The minimum absolute atomic E-state index is 0.172. The van der Waals surface area contributed by atoms with Crippen molar-refractivity contribution in [3.63, 3.8) is 0 Å². The van der Waals surface area contributed by atoms with Crippen LogP contribution < -0.4 is 0 Å². The highest BCUT2D eigenvalue weighted by atomic mass is 16.5. The monoisotopic (exact) mass is 247 g/mol. The molecule has 98 valence electrons. The Labute approximate surface area is 109 Å². The first-order chi connectivity index (χ1) is 8.81. The SMILES string of the molecule is CCc1cccnc1C(=O)CCCC1CCCO1. The Kier molecular flexibility index (Phi) is 4.88. The summed E-state index contributed by atoms with van der Waals surface area (Å²) in [7, 11) is 0. The fourth-order valence-corrected chi connectivity index (χ4v) is 2.46. The molecule has 1 fully saturated rings. The zero-order valence-corrected chi connectivity index (χ0v) is 11.0. The van der Waals surface area contributed by atoms with Crippen molar-refractivity contribution < 1.29 is 9.53 Å². The van der Waals surface area contributed by atoms with E-state index in [4.69, 9.17) is 4.74 Å². The lowest BCUT2D eigenvalue weighted by atomic mass is 10.0. The zero-order chi connectivity index (χ0) is 12.8. The molecule has 0 radical (unpaired) electrons. The number of Topliss-reactive ketones (excluding diaryl/α,β-unsaturated/α-hetero) is 1. The van der Waals surface area contributed by atoms with Gasteiger partial charge in [-0.3, -0.25) is 9.78 Å². The molecule has 1 aliphatic rings. The third-order valence-electron chi connectivity index (χ3n) is 3.49. The third-order valence-corrected chi connectivity index (χ3v) is 3.49. The summed E-state index contributed by atoms with van der Waals surface area (Å²) < 4.78 is 5.56. The number of carbonyl (C=O) groups excluding carboxylic acids is 1. The zero-order valence-electron chi connectivity index (χ0n) is 11.0. The summed E-state index contributed by atoms with van der Waals surface area (Å²) in [6.45, 7) is 2.94. The second-order valence-corrected chi connectivity index (χ2v) is 4.82. The van der Waals surface area contributed by atoms with Crippen molar-refractivity contribution in [2.24, 2.45) is 0 Å². The summed E-state index contributed by atoms with van der Waals surface area (Å²) in [5.41, 5.74) is 1.71. The number of hydrogen-bond acceptors (Lipinski definition) is 3. The van der Waals surface area contributed by atoms with E-state index in [0.717, 1.165) is 37.9 Å². The normalized spacial score (nSPS) is 19.1. The van der Waals surface area contributed by atoms with Crippen LogP contribution in [0, 0.1) is 0 Å². The lowest BCUT2D eigenvalue weighted by molar-refractivity contribution is 0.0918. The summed E-state index contributed by atoms with van der Waals surface area (Å²) >= 11 is 0. The standard InChI is InChI=1S/C15H21NO2/c1-2-12-6-4-10-16-15(12)14(17)9-3-7-13-8-5-11-18-13/h4,6,10,13H,2-3,5,7-9,11H2,1H3. The Morgan fingerprint density at radius 3 is 3.17 bits per heavy atom. The van der Waals surface area contributed by atoms with Crippen molar-refractivity contribution in [1.82, 2.24) is 4.98 Å². The van der Waals surface area contributed by atoms with E-state index in [1.165, 1.54) is 6.42 Å². The number of aromatic nitrogens is 1. The number of ketones is 1. The van der Waals surface area contributed by atoms with Gasteiger partial charge in [-0.25, -0.2) is 0 Å². The minimum atomic E-state index is 0.172. The lowest BCUT2D eigenvalue weighted by Gasteiger charge is -2.09. The van der Waals surface area contributed by atoms with Gasteiger partial charge >= 0.3 is 0 Å². The molecule has 1 aromatic rings. The van der Waals surface area contributed by atoms with Gasteiger partial charge in [0, 0.05) is 19.2 Å². The molecule has 18 heavy (non-hydrogen) atoms. The Bertz CT molecular complexity index is 397. The molecule has 1 aromatic heterocycles. The van der Waals surface area contributed by atoms with Crippen LogP contribution in [-0.2, 0) is 11.2 Å². The van der Waals surface area contributed by atoms with Crippen LogP contribution in [0.4, 0.5) is 0 Å². The van der Waals surface area contributed by atoms with Crippen LogP contribution >= 0.6 is 0 Å². The first kappa shape index (κ1) is 13.2. The van der Waals surface area contributed by atoms with Gasteiger partial charge in [-0.2, -0.15) is 0 Å². The van der Waals surface area contributed by atoms with Gasteiger partial charge in [0.2, 0.25) is 0 Å². The molecule has 0 N–H and O–H groups in total. The van der Waals surface area contributed by atoms with Gasteiger partial charge in [0.25, 0.3) is 0 Å². The molecule has 3 heteroatoms. The van der Waals surface area contributed by atoms with Gasteiger partial charge in [-0.1, -0.05) is 13.0 Å². The fraction of sp³-hybridized carbons (Fsp3) is 0.600. The number of nitrogens with zero attached hydrogens (tertiary/aromatic N) is 1. The van der Waals surface area contributed by atoms with Crippen molar-refractivity contribution in [2.45, 2.75) is 51.6 Å². The highest BCUT2D eigenvalue weighted by Crippen LogP contribution is 2.19. The van der Waals surface area contributed by atoms with Gasteiger partial charge in [0.05, 0.1) is 6.10 Å². The first-order valence-electron chi connectivity index (χ1n) is 6.90. The second kappa shape index (κ2) is 6.64. The van der Waals surface area contributed by atoms with Gasteiger partial charge in [0.1, 0.15) is 5.69 Å². The summed E-state index contributed by atoms with van der Waals surface area (Å²) in [5.74, 6) is 0.172. The van der Waals surface area contributed by atoms with Gasteiger partial charge in [-0.05, 0) is 43.7 Å². The van der Waals surface area contributed by atoms with E-state index in [9.17, 15) is 4.79 Å². The quantitative estimate of drug-likeness (QED) is 0.725. The van der Waals surface area contributed by atoms with Crippen LogP contribution in [0.3, 0.4) is 0 Å². The first-order valence-corrected chi connectivity index (χ1v) is 6.90. The minimum Gasteiger partial charge on any atom is -0.378 e. The van der Waals surface area contributed by atoms with Crippen LogP contribution in [0.25, 0.3) is 0 Å². The van der Waals surface area contributed by atoms with E-state index >= 15 is 0 Å². The molecule has 1 atom stereocenters. The largest absolute Gasteiger partial charge is 0.378 e. The van der Waals surface area contributed by atoms with Crippen LogP contribution in [0.5, 0.6) is 0 Å². The Morgan fingerprint density at radius 2 is 2.44 bits per heavy atom. The Balaban J connectivity index is 1.83. The number of hydrogen-bond donors (Lipinski definition) is 0. The van der Waals surface area contributed by atoms with Crippen molar-refractivity contribution in [1.29, 1.82) is 0 Å². The third kappa shape index (κ3) is 3.39. The summed E-state index contributed by atoms with van der Waals surface area (Å²) in [6.07, 6.45) is 7.75. The molecule has 0 aliphatic carbocycles. The number of rotatable bonds is 6. The van der Waals surface area contributed by atoms with Crippen molar-refractivity contribution >= 4 is 5.78 Å². The fourth-order valence-electron chi connectivity index (χ4n) is 2.46. The molecule has 3 nitrogen and oxygen atoms in total. The van der Waals surface area contributed by atoms with E-state index in [-0.39, 0.29) is 5.78 Å². The molecule has 0 bridgehead atoms. The van der Waals surface area contributed by atoms with E-state index in [0.29, 0.717) is 18.2 Å². The molecule has 1 saturated heterocycles. The maximum absolute atomic E-state index is 12.1. The summed E-state index contributed by atoms with van der Waals surface area (Å²) in [4.78, 5) is 16.3. The number of ether oxygens (including phenoxy) is 1. The molecule has 1 unspecified atom stereocenters. The van der Waals surface area contributed by atoms with E-state index in [1.807, 2.05) is 12.1 Å². The molecule has 1 aliphatic heterocycles. The molecular formula is C15H21NO2. The predicted molar refractivity (Wildman–Crippen MR) is 70.8 cm³/mol. The van der Waals surface area contributed by atoms with Crippen LogP contribution in [0.15, 0.2) is 18.3 Å². The van der Waals surface area contributed by atoms with Crippen LogP contribution in [0.1, 0.15) is 55.1 Å². The summed E-state index contributed by atoms with van der Waals surface area (Å²) in [6, 6.07) is 3.88. The topological polar surface area (TPSA) is 39.2 Å². The van der Waals surface area contributed by atoms with Crippen LogP contribution in [0.2, 0.25) is 0 Å². The van der Waals surface area contributed by atoms with E-state index < -0.39 is 0 Å². The van der Waals surface area contributed by atoms with Gasteiger partial charge < -0.3 is 4.74 Å². The Morgan fingerprint density at radius 1 is 1.56 bits per heavy atom. The van der Waals surface area contributed by atoms with Crippen molar-refractivity contribution in [3.05, 3.63) is 29.6 Å². The average Bonchev–Trinajstić information content (AvgIpc) is 2.91. The molecular weight excluding hydrogens is 226 g/mol. The average molecular weight is 247 g/mol. The number of pyridine rings is 1. The van der Waals surface area contributed by atoms with Gasteiger partial charge in [-0.15, -0.1) is 0 Å². The molecule has 0 amide bonds. The lowest BCUT2D eigenvalue weighted by Crippen LogP contribution is -2.09. The number of aryl methyl sites for hydroxylation is 1.